The van der Waals surface area contributed by atoms with Crippen LogP contribution in [0.4, 0.5) is 0 Å². The molecule has 1 N–H and O–H groups in total. The van der Waals surface area contributed by atoms with Gasteiger partial charge >= 0.3 is 5.97 Å². The van der Waals surface area contributed by atoms with Gasteiger partial charge in [-0.15, -0.1) is 0 Å². The van der Waals surface area contributed by atoms with Crippen molar-refractivity contribution in [2.45, 2.75) is 38.3 Å². The van der Waals surface area contributed by atoms with Crippen LogP contribution in [0.3, 0.4) is 0 Å². The minimum absolute atomic E-state index is 0.303. The highest BCUT2D eigenvalue weighted by Gasteiger charge is 2.26. The first-order valence-electron chi connectivity index (χ1n) is 5.28. The summed E-state index contributed by atoms with van der Waals surface area (Å²) in [5.41, 5.74) is 9.04. The first kappa shape index (κ1) is 12.5. The van der Waals surface area contributed by atoms with E-state index in [9.17, 15) is 9.90 Å². The van der Waals surface area contributed by atoms with Crippen LogP contribution in [0.5, 0.6) is 0 Å². The lowest BCUT2D eigenvalue weighted by Gasteiger charge is -2.26. The monoisotopic (exact) mass is 225 g/mol. The van der Waals surface area contributed by atoms with Crippen molar-refractivity contribution in [2.75, 3.05) is 6.61 Å². The van der Waals surface area contributed by atoms with E-state index in [1.807, 2.05) is 0 Å². The first-order valence-corrected chi connectivity index (χ1v) is 5.28. The van der Waals surface area contributed by atoms with Crippen LogP contribution in [0.15, 0.2) is 16.8 Å². The third kappa shape index (κ3) is 3.25. The minimum Gasteiger partial charge on any atom is -0.463 e. The van der Waals surface area contributed by atoms with E-state index in [4.69, 9.17) is 10.3 Å². The van der Waals surface area contributed by atoms with Gasteiger partial charge in [-0.25, -0.2) is 4.79 Å². The number of carbonyl (C=O) groups excluding carboxylic acids is 1. The molecule has 0 heterocycles. The molecule has 6 nitrogen and oxygen atoms in total. The summed E-state index contributed by atoms with van der Waals surface area (Å²) in [6, 6.07) is -0.636. The molecule has 0 aromatic heterocycles. The number of aliphatic hydroxyl groups is 1. The Balaban J connectivity index is 2.82. The Morgan fingerprint density at radius 2 is 2.56 bits per heavy atom. The standard InChI is InChI=1S/C10H15N3O3/c1-2-16-9(15)6-7-4-3-5-8(14)10(7)12-13-11/h6,8,10,14H,2-5H2,1H3/b7-6+/t8-,10+/m0/s1. The second-order valence-electron chi connectivity index (χ2n) is 3.58. The number of ether oxygens (including phenoxy) is 1. The number of aliphatic hydroxyl groups excluding tert-OH is 1. The molecule has 0 aliphatic heterocycles. The molecule has 2 atom stereocenters. The number of hydrogen-bond donors (Lipinski definition) is 1. The molecule has 88 valence electrons. The second kappa shape index (κ2) is 6.15. The summed E-state index contributed by atoms with van der Waals surface area (Å²) in [6.45, 7) is 2.02. The van der Waals surface area contributed by atoms with E-state index in [0.29, 0.717) is 25.0 Å². The normalized spacial score (nSPS) is 27.2. The molecule has 0 amide bonds. The Morgan fingerprint density at radius 1 is 1.81 bits per heavy atom. The smallest absolute Gasteiger partial charge is 0.330 e. The molecule has 1 fully saturated rings. The average molecular weight is 225 g/mol. The van der Waals surface area contributed by atoms with Gasteiger partial charge in [0.2, 0.25) is 0 Å². The van der Waals surface area contributed by atoms with Crippen molar-refractivity contribution in [3.8, 4) is 0 Å². The predicted molar refractivity (Wildman–Crippen MR) is 57.5 cm³/mol. The molecule has 16 heavy (non-hydrogen) atoms. The summed E-state index contributed by atoms with van der Waals surface area (Å²) in [7, 11) is 0. The summed E-state index contributed by atoms with van der Waals surface area (Å²) in [5.74, 6) is -0.454. The molecule has 0 aromatic rings. The fourth-order valence-corrected chi connectivity index (χ4v) is 1.77. The zero-order chi connectivity index (χ0) is 12.0. The Morgan fingerprint density at radius 3 is 3.19 bits per heavy atom. The van der Waals surface area contributed by atoms with E-state index in [-0.39, 0.29) is 0 Å². The van der Waals surface area contributed by atoms with Crippen molar-refractivity contribution in [1.82, 2.24) is 0 Å². The third-order valence-electron chi connectivity index (χ3n) is 2.48. The quantitative estimate of drug-likeness (QED) is 0.260. The van der Waals surface area contributed by atoms with Crippen molar-refractivity contribution >= 4 is 5.97 Å². The van der Waals surface area contributed by atoms with E-state index in [1.54, 1.807) is 6.92 Å². The van der Waals surface area contributed by atoms with Crippen LogP contribution in [-0.2, 0) is 9.53 Å². The van der Waals surface area contributed by atoms with Crippen molar-refractivity contribution < 1.29 is 14.6 Å². The van der Waals surface area contributed by atoms with Crippen molar-refractivity contribution in [2.24, 2.45) is 5.11 Å². The Hall–Kier alpha value is -1.52. The Kier molecular flexibility index (Phi) is 4.82. The van der Waals surface area contributed by atoms with Gasteiger partial charge in [0.15, 0.2) is 0 Å². The number of rotatable bonds is 3. The second-order valence-corrected chi connectivity index (χ2v) is 3.58. The summed E-state index contributed by atoms with van der Waals surface area (Å²) < 4.78 is 4.77. The molecule has 1 rings (SSSR count). The van der Waals surface area contributed by atoms with Crippen molar-refractivity contribution in [1.29, 1.82) is 0 Å². The van der Waals surface area contributed by atoms with Gasteiger partial charge in [0.1, 0.15) is 0 Å². The lowest BCUT2D eigenvalue weighted by molar-refractivity contribution is -0.137. The molecule has 1 aliphatic rings. The largest absolute Gasteiger partial charge is 0.463 e. The SMILES string of the molecule is CCOC(=O)/C=C1\CCC[C@H](O)[C@@H]1N=[N+]=[N-]. The summed E-state index contributed by atoms with van der Waals surface area (Å²) in [6.07, 6.45) is 2.64. The van der Waals surface area contributed by atoms with Gasteiger partial charge in [0.05, 0.1) is 18.8 Å². The number of esters is 1. The fourth-order valence-electron chi connectivity index (χ4n) is 1.77. The average Bonchev–Trinajstić information content (AvgIpc) is 2.23. The van der Waals surface area contributed by atoms with Gasteiger partial charge in [-0.3, -0.25) is 0 Å². The van der Waals surface area contributed by atoms with Crippen LogP contribution in [0.2, 0.25) is 0 Å². The highest BCUT2D eigenvalue weighted by molar-refractivity contribution is 5.83. The zero-order valence-corrected chi connectivity index (χ0v) is 9.17. The molecule has 0 spiro atoms. The number of carbonyl (C=O) groups is 1. The van der Waals surface area contributed by atoms with Gasteiger partial charge in [0.25, 0.3) is 0 Å². The summed E-state index contributed by atoms with van der Waals surface area (Å²) in [4.78, 5) is 13.9. The van der Waals surface area contributed by atoms with E-state index in [1.165, 1.54) is 6.08 Å². The van der Waals surface area contributed by atoms with Crippen LogP contribution < -0.4 is 0 Å². The van der Waals surface area contributed by atoms with Gasteiger partial charge in [-0.2, -0.15) is 0 Å². The topological polar surface area (TPSA) is 95.3 Å². The first-order chi connectivity index (χ1) is 7.69. The fraction of sp³-hybridized carbons (Fsp3) is 0.700. The van der Waals surface area contributed by atoms with Gasteiger partial charge in [0, 0.05) is 11.0 Å². The molecule has 6 heteroatoms. The summed E-state index contributed by atoms with van der Waals surface area (Å²) >= 11 is 0. The van der Waals surface area contributed by atoms with E-state index >= 15 is 0 Å². The van der Waals surface area contributed by atoms with Crippen molar-refractivity contribution in [3.63, 3.8) is 0 Å². The van der Waals surface area contributed by atoms with E-state index in [0.717, 1.165) is 6.42 Å². The lowest BCUT2D eigenvalue weighted by Crippen LogP contribution is -2.30. The van der Waals surface area contributed by atoms with E-state index < -0.39 is 18.1 Å². The summed E-state index contributed by atoms with van der Waals surface area (Å²) in [5, 5.41) is 13.2. The van der Waals surface area contributed by atoms with Crippen LogP contribution in [0, 0.1) is 0 Å². The maximum absolute atomic E-state index is 11.3. The molecular weight excluding hydrogens is 210 g/mol. The van der Waals surface area contributed by atoms with Crippen molar-refractivity contribution in [3.05, 3.63) is 22.1 Å². The van der Waals surface area contributed by atoms with Crippen LogP contribution in [-0.4, -0.2) is 29.8 Å². The zero-order valence-electron chi connectivity index (χ0n) is 9.17. The molecule has 1 aliphatic carbocycles. The van der Waals surface area contributed by atoms with Gasteiger partial charge < -0.3 is 9.84 Å². The molecule has 1 saturated carbocycles. The van der Waals surface area contributed by atoms with Crippen LogP contribution in [0.25, 0.3) is 10.4 Å². The van der Waals surface area contributed by atoms with Crippen LogP contribution in [0.1, 0.15) is 26.2 Å². The minimum atomic E-state index is -0.703. The number of azide groups is 1. The number of hydrogen-bond acceptors (Lipinski definition) is 4. The lowest BCUT2D eigenvalue weighted by atomic mass is 9.88. The van der Waals surface area contributed by atoms with E-state index in [2.05, 4.69) is 10.0 Å². The highest BCUT2D eigenvalue weighted by atomic mass is 16.5. The molecular formula is C10H15N3O3. The van der Waals surface area contributed by atoms with Gasteiger partial charge in [-0.1, -0.05) is 10.7 Å². The predicted octanol–water partition coefficient (Wildman–Crippen LogP) is 1.70. The number of nitrogens with zero attached hydrogens (tertiary/aromatic N) is 3. The molecule has 0 bridgehead atoms. The van der Waals surface area contributed by atoms with Crippen LogP contribution >= 0.6 is 0 Å². The molecule has 0 radical (unpaired) electrons. The molecule has 0 aromatic carbocycles. The molecule has 0 unspecified atom stereocenters. The van der Waals surface area contributed by atoms with Gasteiger partial charge in [-0.05, 0) is 31.7 Å². The third-order valence-corrected chi connectivity index (χ3v) is 2.48. The maximum Gasteiger partial charge on any atom is 0.330 e. The maximum atomic E-state index is 11.3. The highest BCUT2D eigenvalue weighted by Crippen LogP contribution is 2.26. The Bertz CT molecular complexity index is 334. The Labute approximate surface area is 93.5 Å². The molecule has 0 saturated heterocycles.